The van der Waals surface area contributed by atoms with Crippen molar-refractivity contribution in [1.29, 1.82) is 0 Å². The van der Waals surface area contributed by atoms with Gasteiger partial charge in [0.2, 0.25) is 0 Å². The molecule has 35 heavy (non-hydrogen) atoms. The van der Waals surface area contributed by atoms with Gasteiger partial charge in [0, 0.05) is 23.9 Å². The van der Waals surface area contributed by atoms with E-state index in [0.717, 1.165) is 31.2 Å². The smallest absolute Gasteiger partial charge is 0.387 e. The average molecular weight is 486 g/mol. The molecule has 0 saturated heterocycles. The van der Waals surface area contributed by atoms with E-state index in [-0.39, 0.29) is 30.0 Å². The second kappa shape index (κ2) is 10.9. The molecule has 0 spiro atoms. The van der Waals surface area contributed by atoms with Gasteiger partial charge in [-0.1, -0.05) is 23.3 Å². The van der Waals surface area contributed by atoms with Crippen molar-refractivity contribution < 1.29 is 32.6 Å². The van der Waals surface area contributed by atoms with Gasteiger partial charge in [0.15, 0.2) is 0 Å². The predicted octanol–water partition coefficient (Wildman–Crippen LogP) is 5.42. The predicted molar refractivity (Wildman–Crippen MR) is 122 cm³/mol. The third kappa shape index (κ3) is 6.75. The maximum Gasteiger partial charge on any atom is 0.387 e. The standard InChI is InChI=1S/C24H24F2N4O5/c25-23(26)34-19-3-1-2-18(13-19)28-24-30-29-22(35-24)21(33)27-17-10-8-16(9-11-17)15-6-4-14(5-7-15)12-20(31)32/h1-3,8-11,13-15,23H,4-7,12H2,(H,27,33)(H,28,30)(H,31,32)/t14-,15-. The van der Waals surface area contributed by atoms with Crippen molar-refractivity contribution in [1.82, 2.24) is 10.2 Å². The quantitative estimate of drug-likeness (QED) is 0.366. The van der Waals surface area contributed by atoms with Crippen molar-refractivity contribution >= 4 is 29.3 Å². The number of rotatable bonds is 9. The number of halogens is 2. The molecule has 3 N–H and O–H groups in total. The summed E-state index contributed by atoms with van der Waals surface area (Å²) in [5.41, 5.74) is 2.08. The SMILES string of the molecule is O=C(O)C[C@H]1CC[C@H](c2ccc(NC(=O)c3nnc(Nc4cccc(OC(F)F)c4)o3)cc2)CC1. The monoisotopic (exact) mass is 486 g/mol. The summed E-state index contributed by atoms with van der Waals surface area (Å²) in [6, 6.07) is 13.2. The minimum Gasteiger partial charge on any atom is -0.481 e. The molecule has 1 amide bonds. The highest BCUT2D eigenvalue weighted by Crippen LogP contribution is 2.37. The van der Waals surface area contributed by atoms with Crippen LogP contribution in [0.15, 0.2) is 52.9 Å². The van der Waals surface area contributed by atoms with E-state index in [2.05, 4.69) is 25.6 Å². The number of ether oxygens (including phenoxy) is 1. The highest BCUT2D eigenvalue weighted by Gasteiger charge is 2.24. The molecule has 184 valence electrons. The van der Waals surface area contributed by atoms with Gasteiger partial charge in [0.05, 0.1) is 0 Å². The zero-order chi connectivity index (χ0) is 24.8. The number of aromatic nitrogens is 2. The normalized spacial score (nSPS) is 17.7. The molecule has 3 aromatic rings. The summed E-state index contributed by atoms with van der Waals surface area (Å²) >= 11 is 0. The Labute approximate surface area is 199 Å². The highest BCUT2D eigenvalue weighted by atomic mass is 19.3. The maximum atomic E-state index is 12.5. The number of carboxylic acid groups (broad SMARTS) is 1. The van der Waals surface area contributed by atoms with E-state index in [1.165, 1.54) is 18.2 Å². The number of nitrogens with one attached hydrogen (secondary N) is 2. The Bertz CT molecular complexity index is 1160. The fourth-order valence-electron chi connectivity index (χ4n) is 4.21. The number of nitrogens with zero attached hydrogens (tertiary/aromatic N) is 2. The van der Waals surface area contributed by atoms with Crippen LogP contribution in [0.5, 0.6) is 5.75 Å². The minimum atomic E-state index is -2.95. The van der Waals surface area contributed by atoms with Gasteiger partial charge in [-0.15, -0.1) is 5.10 Å². The third-order valence-electron chi connectivity index (χ3n) is 5.88. The summed E-state index contributed by atoms with van der Waals surface area (Å²) in [7, 11) is 0. The van der Waals surface area contributed by atoms with Crippen LogP contribution in [-0.2, 0) is 4.79 Å². The molecule has 1 aromatic heterocycles. The second-order valence-corrected chi connectivity index (χ2v) is 8.34. The fraction of sp³-hybridized carbons (Fsp3) is 0.333. The maximum absolute atomic E-state index is 12.5. The van der Waals surface area contributed by atoms with Gasteiger partial charge in [-0.2, -0.15) is 8.78 Å². The van der Waals surface area contributed by atoms with Crippen molar-refractivity contribution in [2.24, 2.45) is 5.92 Å². The number of carboxylic acids is 1. The van der Waals surface area contributed by atoms with Gasteiger partial charge < -0.3 is 24.9 Å². The summed E-state index contributed by atoms with van der Waals surface area (Å²) in [5, 5.41) is 21.8. The summed E-state index contributed by atoms with van der Waals surface area (Å²) in [6.45, 7) is -2.95. The number of amides is 1. The van der Waals surface area contributed by atoms with Crippen molar-refractivity contribution in [3.63, 3.8) is 0 Å². The van der Waals surface area contributed by atoms with Crippen LogP contribution in [0, 0.1) is 5.92 Å². The largest absolute Gasteiger partial charge is 0.481 e. The lowest BCUT2D eigenvalue weighted by Crippen LogP contribution is -2.16. The Morgan fingerprint density at radius 3 is 2.49 bits per heavy atom. The first kappa shape index (κ1) is 24.1. The zero-order valence-corrected chi connectivity index (χ0v) is 18.6. The van der Waals surface area contributed by atoms with Crippen molar-refractivity contribution in [3.05, 3.63) is 60.0 Å². The fourth-order valence-corrected chi connectivity index (χ4v) is 4.21. The molecule has 4 rings (SSSR count). The molecule has 0 unspecified atom stereocenters. The molecule has 0 atom stereocenters. The van der Waals surface area contributed by atoms with E-state index in [1.54, 1.807) is 18.2 Å². The Hall–Kier alpha value is -4.02. The van der Waals surface area contributed by atoms with E-state index in [1.807, 2.05) is 12.1 Å². The molecule has 1 aliphatic carbocycles. The van der Waals surface area contributed by atoms with Crippen LogP contribution in [0.25, 0.3) is 0 Å². The van der Waals surface area contributed by atoms with Crippen LogP contribution in [0.3, 0.4) is 0 Å². The molecule has 9 nitrogen and oxygen atoms in total. The summed E-state index contributed by atoms with van der Waals surface area (Å²) in [4.78, 5) is 23.4. The third-order valence-corrected chi connectivity index (χ3v) is 5.88. The molecule has 1 heterocycles. The molecule has 0 bridgehead atoms. The number of anilines is 3. The van der Waals surface area contributed by atoms with E-state index in [9.17, 15) is 18.4 Å². The lowest BCUT2D eigenvalue weighted by Gasteiger charge is -2.28. The molecule has 0 radical (unpaired) electrons. The Morgan fingerprint density at radius 2 is 1.80 bits per heavy atom. The van der Waals surface area contributed by atoms with Crippen LogP contribution in [-0.4, -0.2) is 33.8 Å². The van der Waals surface area contributed by atoms with Gasteiger partial charge in [0.1, 0.15) is 5.75 Å². The molecule has 1 fully saturated rings. The van der Waals surface area contributed by atoms with E-state index in [4.69, 9.17) is 9.52 Å². The Balaban J connectivity index is 1.31. The lowest BCUT2D eigenvalue weighted by atomic mass is 9.77. The van der Waals surface area contributed by atoms with Crippen LogP contribution in [0.1, 0.15) is 54.3 Å². The lowest BCUT2D eigenvalue weighted by molar-refractivity contribution is -0.138. The molecule has 1 aliphatic rings. The highest BCUT2D eigenvalue weighted by molar-refractivity contribution is 6.00. The average Bonchev–Trinajstić information content (AvgIpc) is 3.28. The van der Waals surface area contributed by atoms with Crippen molar-refractivity contribution in [3.8, 4) is 5.75 Å². The van der Waals surface area contributed by atoms with E-state index < -0.39 is 18.5 Å². The first-order chi connectivity index (χ1) is 16.9. The van der Waals surface area contributed by atoms with Gasteiger partial charge in [-0.3, -0.25) is 9.59 Å². The van der Waals surface area contributed by atoms with Gasteiger partial charge in [-0.05, 0) is 67.3 Å². The second-order valence-electron chi connectivity index (χ2n) is 8.34. The molecular formula is C24H24F2N4O5. The number of carbonyl (C=O) groups is 2. The first-order valence-corrected chi connectivity index (χ1v) is 11.1. The molecule has 0 aliphatic heterocycles. The van der Waals surface area contributed by atoms with Gasteiger partial charge >= 0.3 is 30.4 Å². The zero-order valence-electron chi connectivity index (χ0n) is 18.6. The minimum absolute atomic E-state index is 0.0424. The van der Waals surface area contributed by atoms with Gasteiger partial charge in [0.25, 0.3) is 0 Å². The van der Waals surface area contributed by atoms with Crippen molar-refractivity contribution in [2.45, 2.75) is 44.6 Å². The molecule has 11 heteroatoms. The summed E-state index contributed by atoms with van der Waals surface area (Å²) in [6.07, 6.45) is 3.90. The summed E-state index contributed by atoms with van der Waals surface area (Å²) < 4.78 is 34.4. The van der Waals surface area contributed by atoms with Crippen LogP contribution in [0.2, 0.25) is 0 Å². The number of aliphatic carboxylic acids is 1. The van der Waals surface area contributed by atoms with Crippen LogP contribution in [0.4, 0.5) is 26.2 Å². The topological polar surface area (TPSA) is 127 Å². The van der Waals surface area contributed by atoms with E-state index >= 15 is 0 Å². The Morgan fingerprint density at radius 1 is 1.06 bits per heavy atom. The van der Waals surface area contributed by atoms with Crippen LogP contribution >= 0.6 is 0 Å². The number of hydrogen-bond acceptors (Lipinski definition) is 7. The number of hydrogen-bond donors (Lipinski definition) is 3. The molecule has 2 aromatic carbocycles. The van der Waals surface area contributed by atoms with Crippen molar-refractivity contribution in [2.75, 3.05) is 10.6 Å². The van der Waals surface area contributed by atoms with Crippen LogP contribution < -0.4 is 15.4 Å². The molecular weight excluding hydrogens is 462 g/mol. The number of carbonyl (C=O) groups excluding carboxylic acids is 1. The van der Waals surface area contributed by atoms with E-state index in [0.29, 0.717) is 17.3 Å². The van der Waals surface area contributed by atoms with Gasteiger partial charge in [-0.25, -0.2) is 0 Å². The molecule has 1 saturated carbocycles. The number of alkyl halides is 2. The Kier molecular flexibility index (Phi) is 7.54. The summed E-state index contributed by atoms with van der Waals surface area (Å²) in [5.74, 6) is -1.04. The number of benzene rings is 2. The first-order valence-electron chi connectivity index (χ1n) is 11.1.